The van der Waals surface area contributed by atoms with Crippen LogP contribution in [-0.4, -0.2) is 39.0 Å². The summed E-state index contributed by atoms with van der Waals surface area (Å²) in [7, 11) is 1.67. The van der Waals surface area contributed by atoms with Gasteiger partial charge in [0.2, 0.25) is 0 Å². The van der Waals surface area contributed by atoms with E-state index in [1.165, 1.54) is 0 Å². The summed E-state index contributed by atoms with van der Waals surface area (Å²) >= 11 is 6.36. The van der Waals surface area contributed by atoms with Gasteiger partial charge in [-0.15, -0.1) is 0 Å². The van der Waals surface area contributed by atoms with Crippen molar-refractivity contribution < 1.29 is 19.7 Å². The topological polar surface area (TPSA) is 76.7 Å². The molecule has 0 saturated heterocycles. The molecule has 2 N–H and O–H groups in total. The van der Waals surface area contributed by atoms with E-state index in [-0.39, 0.29) is 6.61 Å². The first-order valence-electron chi connectivity index (χ1n) is 9.68. The number of hydrogen-bond acceptors (Lipinski definition) is 5. The van der Waals surface area contributed by atoms with Crippen LogP contribution >= 0.6 is 11.6 Å². The Bertz CT molecular complexity index is 985. The standard InChI is InChI=1S/C23H27ClN2O4/c1-23(2,22(27)28)30-15-19-12-21(17-9-6-7-16(11-17)14-29-3)26(25-19)13-18-8-4-5-10-20(18)24/h4-12,22,27-28H,13-15H2,1-3H3. The molecule has 1 aromatic heterocycles. The van der Waals surface area contributed by atoms with Crippen molar-refractivity contribution in [1.82, 2.24) is 9.78 Å². The molecule has 7 heteroatoms. The summed E-state index contributed by atoms with van der Waals surface area (Å²) in [6, 6.07) is 17.7. The third kappa shape index (κ3) is 5.47. The second kappa shape index (κ2) is 9.73. The highest BCUT2D eigenvalue weighted by Crippen LogP contribution is 2.26. The first-order valence-corrected chi connectivity index (χ1v) is 10.1. The molecular formula is C23H27ClN2O4. The Balaban J connectivity index is 1.95. The van der Waals surface area contributed by atoms with Crippen molar-refractivity contribution in [2.45, 2.75) is 45.5 Å². The molecule has 0 aliphatic carbocycles. The second-order valence-electron chi connectivity index (χ2n) is 7.67. The lowest BCUT2D eigenvalue weighted by Crippen LogP contribution is -2.38. The van der Waals surface area contributed by atoms with Crippen LogP contribution in [0.2, 0.25) is 5.02 Å². The van der Waals surface area contributed by atoms with Gasteiger partial charge >= 0.3 is 0 Å². The van der Waals surface area contributed by atoms with Crippen LogP contribution in [0.1, 0.15) is 30.7 Å². The summed E-state index contributed by atoms with van der Waals surface area (Å²) in [5, 5.41) is 24.3. The Morgan fingerprint density at radius 3 is 2.53 bits per heavy atom. The minimum absolute atomic E-state index is 0.144. The van der Waals surface area contributed by atoms with Gasteiger partial charge in [0, 0.05) is 17.7 Å². The smallest absolute Gasteiger partial charge is 0.180 e. The van der Waals surface area contributed by atoms with Crippen molar-refractivity contribution in [3.63, 3.8) is 0 Å². The molecule has 0 amide bonds. The molecule has 0 radical (unpaired) electrons. The van der Waals surface area contributed by atoms with Crippen molar-refractivity contribution in [1.29, 1.82) is 0 Å². The molecule has 0 unspecified atom stereocenters. The van der Waals surface area contributed by atoms with Gasteiger partial charge in [-0.2, -0.15) is 5.10 Å². The lowest BCUT2D eigenvalue weighted by Gasteiger charge is -2.26. The van der Waals surface area contributed by atoms with Gasteiger partial charge in [0.1, 0.15) is 5.60 Å². The molecule has 0 saturated carbocycles. The number of methoxy groups -OCH3 is 1. The number of aliphatic hydroxyl groups is 2. The van der Waals surface area contributed by atoms with E-state index in [2.05, 4.69) is 6.07 Å². The van der Waals surface area contributed by atoms with E-state index >= 15 is 0 Å². The maximum atomic E-state index is 9.48. The van der Waals surface area contributed by atoms with Gasteiger partial charge in [0.05, 0.1) is 31.1 Å². The van der Waals surface area contributed by atoms with Gasteiger partial charge in [-0.3, -0.25) is 4.68 Å². The number of nitrogens with zero attached hydrogens (tertiary/aromatic N) is 2. The summed E-state index contributed by atoms with van der Waals surface area (Å²) < 4.78 is 12.8. The number of rotatable bonds is 9. The van der Waals surface area contributed by atoms with Crippen LogP contribution in [0.5, 0.6) is 0 Å². The van der Waals surface area contributed by atoms with E-state index in [0.717, 1.165) is 22.4 Å². The zero-order valence-corrected chi connectivity index (χ0v) is 18.1. The van der Waals surface area contributed by atoms with Crippen molar-refractivity contribution in [2.24, 2.45) is 0 Å². The number of halogens is 1. The molecule has 3 aromatic rings. The largest absolute Gasteiger partial charge is 0.380 e. The Hall–Kier alpha value is -2.22. The molecule has 0 bridgehead atoms. The number of benzene rings is 2. The third-order valence-electron chi connectivity index (χ3n) is 4.86. The predicted octanol–water partition coefficient (Wildman–Crippen LogP) is 4.00. The van der Waals surface area contributed by atoms with Crippen LogP contribution in [0.3, 0.4) is 0 Å². The Morgan fingerprint density at radius 2 is 1.83 bits per heavy atom. The second-order valence-corrected chi connectivity index (χ2v) is 8.08. The average Bonchev–Trinajstić information content (AvgIpc) is 3.11. The molecule has 3 rings (SSSR count). The summed E-state index contributed by atoms with van der Waals surface area (Å²) in [4.78, 5) is 0. The van der Waals surface area contributed by atoms with E-state index in [0.29, 0.717) is 23.9 Å². The zero-order valence-electron chi connectivity index (χ0n) is 17.4. The Morgan fingerprint density at radius 1 is 1.07 bits per heavy atom. The number of hydrogen-bond donors (Lipinski definition) is 2. The molecule has 0 spiro atoms. The monoisotopic (exact) mass is 430 g/mol. The molecule has 0 atom stereocenters. The van der Waals surface area contributed by atoms with E-state index in [1.807, 2.05) is 53.2 Å². The highest BCUT2D eigenvalue weighted by Gasteiger charge is 2.27. The van der Waals surface area contributed by atoms with E-state index < -0.39 is 11.9 Å². The Kier molecular flexibility index (Phi) is 7.28. The summed E-state index contributed by atoms with van der Waals surface area (Å²) in [5.74, 6) is 0. The maximum Gasteiger partial charge on any atom is 0.180 e. The highest BCUT2D eigenvalue weighted by molar-refractivity contribution is 6.31. The van der Waals surface area contributed by atoms with Crippen LogP contribution in [0.4, 0.5) is 0 Å². The number of aliphatic hydroxyl groups excluding tert-OH is 1. The lowest BCUT2D eigenvalue weighted by atomic mass is 10.1. The van der Waals surface area contributed by atoms with Crippen molar-refractivity contribution in [2.75, 3.05) is 7.11 Å². The van der Waals surface area contributed by atoms with Gasteiger partial charge in [-0.25, -0.2) is 0 Å². The van der Waals surface area contributed by atoms with Crippen molar-refractivity contribution >= 4 is 11.6 Å². The first-order chi connectivity index (χ1) is 14.3. The predicted molar refractivity (Wildman–Crippen MR) is 116 cm³/mol. The van der Waals surface area contributed by atoms with Crippen LogP contribution in [-0.2, 0) is 29.2 Å². The van der Waals surface area contributed by atoms with E-state index in [9.17, 15) is 10.2 Å². The molecule has 0 fully saturated rings. The molecule has 160 valence electrons. The van der Waals surface area contributed by atoms with Crippen LogP contribution in [0.25, 0.3) is 11.3 Å². The molecule has 30 heavy (non-hydrogen) atoms. The normalized spacial score (nSPS) is 12.0. The highest BCUT2D eigenvalue weighted by atomic mass is 35.5. The van der Waals surface area contributed by atoms with Crippen molar-refractivity contribution in [3.05, 3.63) is 76.4 Å². The van der Waals surface area contributed by atoms with E-state index in [4.69, 9.17) is 26.2 Å². The minimum Gasteiger partial charge on any atom is -0.380 e. The molecule has 6 nitrogen and oxygen atoms in total. The fourth-order valence-electron chi connectivity index (χ4n) is 3.00. The van der Waals surface area contributed by atoms with Crippen LogP contribution in [0, 0.1) is 0 Å². The molecule has 0 aliphatic rings. The summed E-state index contributed by atoms with van der Waals surface area (Å²) in [6.07, 6.45) is -1.59. The fourth-order valence-corrected chi connectivity index (χ4v) is 3.20. The van der Waals surface area contributed by atoms with E-state index in [1.54, 1.807) is 21.0 Å². The molecule has 2 aromatic carbocycles. The van der Waals surface area contributed by atoms with Gasteiger partial charge in [0.15, 0.2) is 6.29 Å². The zero-order chi connectivity index (χ0) is 21.7. The van der Waals surface area contributed by atoms with Crippen LogP contribution < -0.4 is 0 Å². The Labute approximate surface area is 181 Å². The fraction of sp³-hybridized carbons (Fsp3) is 0.348. The summed E-state index contributed by atoms with van der Waals surface area (Å²) in [6.45, 7) is 4.40. The lowest BCUT2D eigenvalue weighted by molar-refractivity contribution is -0.197. The van der Waals surface area contributed by atoms with Crippen molar-refractivity contribution in [3.8, 4) is 11.3 Å². The number of ether oxygens (including phenoxy) is 2. The third-order valence-corrected chi connectivity index (χ3v) is 5.22. The quantitative estimate of drug-likeness (QED) is 0.502. The van der Waals surface area contributed by atoms with Gasteiger partial charge in [0.25, 0.3) is 0 Å². The molecule has 0 aliphatic heterocycles. The molecular weight excluding hydrogens is 404 g/mol. The SMILES string of the molecule is COCc1cccc(-c2cc(COC(C)(C)C(O)O)nn2Cc2ccccc2Cl)c1. The van der Waals surface area contributed by atoms with Gasteiger partial charge < -0.3 is 19.7 Å². The minimum atomic E-state index is -1.59. The van der Waals surface area contributed by atoms with Gasteiger partial charge in [-0.05, 0) is 43.2 Å². The molecule has 1 heterocycles. The summed E-state index contributed by atoms with van der Waals surface area (Å²) in [5.41, 5.74) is 3.50. The number of aromatic nitrogens is 2. The van der Waals surface area contributed by atoms with Crippen LogP contribution in [0.15, 0.2) is 54.6 Å². The van der Waals surface area contributed by atoms with Gasteiger partial charge in [-0.1, -0.05) is 48.0 Å². The average molecular weight is 431 g/mol. The first kappa shape index (κ1) is 22.5. The maximum absolute atomic E-state index is 9.48.